The van der Waals surface area contributed by atoms with Gasteiger partial charge < -0.3 is 31.0 Å². The van der Waals surface area contributed by atoms with Crippen LogP contribution in [0.2, 0.25) is 31.2 Å². The lowest BCUT2D eigenvalue weighted by Gasteiger charge is -2.37. The molecule has 0 spiro atoms. The molecule has 13 heteroatoms. The van der Waals surface area contributed by atoms with Crippen molar-refractivity contribution in [1.82, 2.24) is 0 Å². The molecule has 4 unspecified atom stereocenters. The number of aryl methyl sites for hydroxylation is 3. The van der Waals surface area contributed by atoms with Crippen LogP contribution >= 0.6 is 34.8 Å². The molecule has 0 saturated carbocycles. The van der Waals surface area contributed by atoms with E-state index in [1.165, 1.54) is 16.7 Å². The third-order valence-electron chi connectivity index (χ3n) is 10.2. The van der Waals surface area contributed by atoms with Gasteiger partial charge in [-0.15, -0.1) is 34.8 Å². The summed E-state index contributed by atoms with van der Waals surface area (Å²) in [5.74, 6) is 2.18. The van der Waals surface area contributed by atoms with Crippen molar-refractivity contribution in [1.29, 1.82) is 0 Å². The van der Waals surface area contributed by atoms with Crippen molar-refractivity contribution < 1.29 is 31.0 Å². The number of benzene rings is 3. The maximum Gasteiger partial charge on any atom is 0.501 e. The Labute approximate surface area is 355 Å². The Kier molecular flexibility index (Phi) is 20.6. The molecule has 0 aromatic heterocycles. The molecule has 4 atom stereocenters. The van der Waals surface area contributed by atoms with Crippen molar-refractivity contribution in [3.8, 4) is 0 Å². The van der Waals surface area contributed by atoms with E-state index in [4.69, 9.17) is 65.8 Å². The van der Waals surface area contributed by atoms with E-state index in [0.717, 1.165) is 54.1 Å². The summed E-state index contributed by atoms with van der Waals surface area (Å²) in [6.45, 7) is 17.0. The molecular formula is C43H65Cl3O7Si3. The zero-order valence-electron chi connectivity index (χ0n) is 34.5. The van der Waals surface area contributed by atoms with E-state index in [-0.39, 0.29) is 11.8 Å². The zero-order chi connectivity index (χ0) is 40.4. The van der Waals surface area contributed by atoms with Gasteiger partial charge in [0.15, 0.2) is 0 Å². The van der Waals surface area contributed by atoms with Crippen LogP contribution in [0, 0.1) is 17.8 Å². The SMILES string of the molecule is CCO[Si](C)(CCc1ccc(CCl)cc1)OCC(C)CO[Si](C)(CCc1ccc(CCl)cc1)OCC(C)CO[Si]1(CCc2ccc(CCl)cc2)OCC(C)CO1. The van der Waals surface area contributed by atoms with Gasteiger partial charge in [0.05, 0.1) is 0 Å². The molecule has 7 nitrogen and oxygen atoms in total. The number of hydrogen-bond donors (Lipinski definition) is 0. The molecular weight excluding hydrogens is 819 g/mol. The Bertz CT molecular complexity index is 1530. The van der Waals surface area contributed by atoms with Crippen molar-refractivity contribution in [3.63, 3.8) is 0 Å². The van der Waals surface area contributed by atoms with Gasteiger partial charge in [0.1, 0.15) is 0 Å². The van der Waals surface area contributed by atoms with Crippen LogP contribution in [0.3, 0.4) is 0 Å². The number of alkyl halides is 3. The average molecular weight is 885 g/mol. The predicted molar refractivity (Wildman–Crippen MR) is 237 cm³/mol. The second-order valence-electron chi connectivity index (χ2n) is 15.9. The molecule has 1 fully saturated rings. The van der Waals surface area contributed by atoms with E-state index in [2.05, 4.69) is 107 Å². The van der Waals surface area contributed by atoms with Gasteiger partial charge in [-0.05, 0) is 84.7 Å². The molecule has 312 valence electrons. The summed E-state index contributed by atoms with van der Waals surface area (Å²) in [5.41, 5.74) is 7.10. The van der Waals surface area contributed by atoms with Crippen LogP contribution < -0.4 is 0 Å². The molecule has 0 amide bonds. The van der Waals surface area contributed by atoms with Crippen molar-refractivity contribution in [3.05, 3.63) is 106 Å². The van der Waals surface area contributed by atoms with Gasteiger partial charge >= 0.3 is 25.9 Å². The quantitative estimate of drug-likeness (QED) is 0.0588. The third kappa shape index (κ3) is 16.5. The van der Waals surface area contributed by atoms with E-state index in [1.54, 1.807) is 0 Å². The summed E-state index contributed by atoms with van der Waals surface area (Å²) < 4.78 is 46.0. The lowest BCUT2D eigenvalue weighted by molar-refractivity contribution is -0.0134. The maximum atomic E-state index is 6.81. The molecule has 3 aromatic rings. The van der Waals surface area contributed by atoms with E-state index in [0.29, 0.717) is 69.8 Å². The minimum absolute atomic E-state index is 0.122. The first kappa shape index (κ1) is 47.6. The first-order valence-electron chi connectivity index (χ1n) is 20.3. The predicted octanol–water partition coefficient (Wildman–Crippen LogP) is 11.1. The van der Waals surface area contributed by atoms with Crippen LogP contribution in [0.4, 0.5) is 0 Å². The molecule has 3 aromatic carbocycles. The lowest BCUT2D eigenvalue weighted by atomic mass is 10.1. The Morgan fingerprint density at radius 3 is 1.34 bits per heavy atom. The van der Waals surface area contributed by atoms with Crippen LogP contribution in [0.15, 0.2) is 72.8 Å². The number of halogens is 3. The highest BCUT2D eigenvalue weighted by molar-refractivity contribution is 6.66. The highest BCUT2D eigenvalue weighted by Crippen LogP contribution is 2.27. The van der Waals surface area contributed by atoms with Crippen molar-refractivity contribution >= 4 is 60.7 Å². The molecule has 0 aliphatic carbocycles. The summed E-state index contributed by atoms with van der Waals surface area (Å²) in [4.78, 5) is 0. The van der Waals surface area contributed by atoms with Gasteiger partial charge in [-0.25, -0.2) is 0 Å². The summed E-state index contributed by atoms with van der Waals surface area (Å²) in [6, 6.07) is 27.9. The van der Waals surface area contributed by atoms with Crippen LogP contribution in [-0.4, -0.2) is 72.2 Å². The van der Waals surface area contributed by atoms with E-state index >= 15 is 0 Å². The highest BCUT2D eigenvalue weighted by Gasteiger charge is 2.45. The monoisotopic (exact) mass is 882 g/mol. The van der Waals surface area contributed by atoms with Crippen molar-refractivity contribution in [2.45, 2.75) is 95.8 Å². The molecule has 1 aliphatic rings. The van der Waals surface area contributed by atoms with Crippen LogP contribution in [0.1, 0.15) is 61.1 Å². The first-order chi connectivity index (χ1) is 26.9. The Morgan fingerprint density at radius 2 is 0.946 bits per heavy atom. The Morgan fingerprint density at radius 1 is 0.589 bits per heavy atom. The Balaban J connectivity index is 1.33. The van der Waals surface area contributed by atoms with Crippen LogP contribution in [-0.2, 0) is 67.9 Å². The fourth-order valence-electron chi connectivity index (χ4n) is 6.35. The fourth-order valence-corrected chi connectivity index (χ4v) is 14.5. The second kappa shape index (κ2) is 24.2. The maximum absolute atomic E-state index is 6.81. The smallest absolute Gasteiger partial charge is 0.395 e. The fraction of sp³-hybridized carbons (Fsp3) is 0.581. The van der Waals surface area contributed by atoms with Gasteiger partial charge in [0.2, 0.25) is 0 Å². The van der Waals surface area contributed by atoms with Gasteiger partial charge in [-0.1, -0.05) is 93.6 Å². The number of hydrogen-bond acceptors (Lipinski definition) is 7. The average Bonchev–Trinajstić information content (AvgIpc) is 3.23. The van der Waals surface area contributed by atoms with Crippen molar-refractivity contribution in [2.75, 3.05) is 46.2 Å². The molecule has 1 heterocycles. The van der Waals surface area contributed by atoms with Gasteiger partial charge in [-0.2, -0.15) is 0 Å². The molecule has 1 aliphatic heterocycles. The second-order valence-corrected chi connectivity index (χ2v) is 26.1. The molecule has 0 N–H and O–H groups in total. The largest absolute Gasteiger partial charge is 0.501 e. The molecule has 56 heavy (non-hydrogen) atoms. The zero-order valence-corrected chi connectivity index (χ0v) is 39.7. The summed E-state index contributed by atoms with van der Waals surface area (Å²) in [7, 11) is -7.89. The Hall–Kier alpha value is -1.10. The molecule has 0 bridgehead atoms. The summed E-state index contributed by atoms with van der Waals surface area (Å²) >= 11 is 18.1. The third-order valence-corrected chi connectivity index (χ3v) is 19.4. The standard InChI is InChI=1S/C43H65Cl3O7Si3/c1-7-47-54(5,23-20-38-8-14-41(26-44)15-9-38)48-29-35(2)30-49-55(6,24-21-39-10-16-42(27-45)17-11-39)50-31-36(3)32-51-56(52-33-37(4)34-53-56)25-22-40-12-18-43(28-46)19-13-40/h8-19,35-37H,7,20-34H2,1-6H3. The minimum Gasteiger partial charge on any atom is -0.395 e. The van der Waals surface area contributed by atoms with E-state index in [1.807, 2.05) is 6.92 Å². The summed E-state index contributed by atoms with van der Waals surface area (Å²) in [5, 5.41) is 0. The van der Waals surface area contributed by atoms with E-state index < -0.39 is 25.9 Å². The molecule has 0 radical (unpaired) electrons. The van der Waals surface area contributed by atoms with Crippen LogP contribution in [0.25, 0.3) is 0 Å². The van der Waals surface area contributed by atoms with Gasteiger partial charge in [0, 0.05) is 87.7 Å². The molecule has 4 rings (SSSR count). The normalized spacial score (nSPS) is 20.6. The van der Waals surface area contributed by atoms with Crippen LogP contribution in [0.5, 0.6) is 0 Å². The van der Waals surface area contributed by atoms with Gasteiger partial charge in [0.25, 0.3) is 0 Å². The summed E-state index contributed by atoms with van der Waals surface area (Å²) in [6.07, 6.45) is 2.60. The highest BCUT2D eigenvalue weighted by atomic mass is 35.5. The lowest BCUT2D eigenvalue weighted by Crippen LogP contribution is -2.52. The topological polar surface area (TPSA) is 64.6 Å². The molecule has 1 saturated heterocycles. The minimum atomic E-state index is -2.86. The van der Waals surface area contributed by atoms with Gasteiger partial charge in [-0.3, -0.25) is 0 Å². The van der Waals surface area contributed by atoms with Crippen molar-refractivity contribution in [2.24, 2.45) is 17.8 Å². The number of rotatable bonds is 26. The van der Waals surface area contributed by atoms with E-state index in [9.17, 15) is 0 Å². The first-order valence-corrected chi connectivity index (χ1v) is 28.9.